The number of thiazole rings is 1. The predicted molar refractivity (Wildman–Crippen MR) is 104 cm³/mol. The lowest BCUT2D eigenvalue weighted by atomic mass is 10.1. The normalized spacial score (nSPS) is 10.2. The van der Waals surface area contributed by atoms with Gasteiger partial charge in [-0.15, -0.1) is 11.3 Å². The summed E-state index contributed by atoms with van der Waals surface area (Å²) in [6.45, 7) is 2.23. The molecule has 0 aliphatic heterocycles. The van der Waals surface area contributed by atoms with Crippen molar-refractivity contribution in [2.24, 2.45) is 0 Å². The zero-order valence-electron chi connectivity index (χ0n) is 15.0. The van der Waals surface area contributed by atoms with E-state index >= 15 is 0 Å². The number of nitrogens with zero attached hydrogens (tertiary/aromatic N) is 1. The lowest BCUT2D eigenvalue weighted by Gasteiger charge is -2.07. The van der Waals surface area contributed by atoms with E-state index in [1.54, 1.807) is 19.2 Å². The van der Waals surface area contributed by atoms with Crippen LogP contribution < -0.4 is 20.7 Å². The van der Waals surface area contributed by atoms with E-state index in [1.165, 1.54) is 18.3 Å². The maximum atomic E-state index is 12.0. The van der Waals surface area contributed by atoms with Crippen molar-refractivity contribution in [1.29, 1.82) is 0 Å². The van der Waals surface area contributed by atoms with Crippen LogP contribution in [0.4, 0.5) is 15.6 Å². The second-order valence-corrected chi connectivity index (χ2v) is 6.61. The van der Waals surface area contributed by atoms with Gasteiger partial charge in [-0.25, -0.2) is 9.78 Å². The highest BCUT2D eigenvalue weighted by Crippen LogP contribution is 2.19. The molecule has 8 heteroatoms. The van der Waals surface area contributed by atoms with E-state index in [4.69, 9.17) is 4.74 Å². The number of carbonyl (C=O) groups excluding carboxylic acids is 2. The molecule has 140 valence electrons. The van der Waals surface area contributed by atoms with Gasteiger partial charge >= 0.3 is 6.03 Å². The Bertz CT molecular complexity index is 733. The molecule has 3 amide bonds. The molecule has 0 fully saturated rings. The highest BCUT2D eigenvalue weighted by molar-refractivity contribution is 7.13. The Morgan fingerprint density at radius 2 is 2.04 bits per heavy atom. The fraction of sp³-hybridized carbons (Fsp3) is 0.389. The number of carbonyl (C=O) groups is 2. The van der Waals surface area contributed by atoms with Crippen molar-refractivity contribution in [3.05, 3.63) is 35.3 Å². The Morgan fingerprint density at radius 1 is 1.19 bits per heavy atom. The number of nitrogens with one attached hydrogen (secondary N) is 3. The smallest absolute Gasteiger partial charge is 0.325 e. The molecule has 1 aromatic carbocycles. The molecule has 1 aromatic heterocycles. The van der Waals surface area contributed by atoms with Crippen molar-refractivity contribution in [2.45, 2.75) is 32.6 Å². The summed E-state index contributed by atoms with van der Waals surface area (Å²) >= 11 is 1.40. The topological polar surface area (TPSA) is 92.3 Å². The van der Waals surface area contributed by atoms with E-state index in [2.05, 4.69) is 20.9 Å². The molecule has 0 spiro atoms. The van der Waals surface area contributed by atoms with Gasteiger partial charge in [0.1, 0.15) is 5.75 Å². The lowest BCUT2D eigenvalue weighted by Crippen LogP contribution is -2.20. The summed E-state index contributed by atoms with van der Waals surface area (Å²) in [5, 5.41) is 10.8. The van der Waals surface area contributed by atoms with Crippen LogP contribution in [0.2, 0.25) is 0 Å². The van der Waals surface area contributed by atoms with Crippen molar-refractivity contribution in [3.63, 3.8) is 0 Å². The van der Waals surface area contributed by atoms with Crippen molar-refractivity contribution in [2.75, 3.05) is 24.3 Å². The zero-order valence-corrected chi connectivity index (χ0v) is 15.8. The third-order valence-corrected chi connectivity index (χ3v) is 4.39. The first-order valence-corrected chi connectivity index (χ1v) is 9.35. The van der Waals surface area contributed by atoms with Crippen LogP contribution in [-0.4, -0.2) is 30.6 Å². The maximum absolute atomic E-state index is 12.0. The number of amides is 3. The Morgan fingerprint density at radius 3 is 2.81 bits per heavy atom. The van der Waals surface area contributed by atoms with Gasteiger partial charge in [-0.1, -0.05) is 12.5 Å². The van der Waals surface area contributed by atoms with Gasteiger partial charge in [-0.3, -0.25) is 10.1 Å². The number of aromatic nitrogens is 1. The summed E-state index contributed by atoms with van der Waals surface area (Å²) in [6.07, 6.45) is 3.84. The van der Waals surface area contributed by atoms with E-state index in [1.807, 2.05) is 17.5 Å². The number of benzene rings is 1. The molecule has 0 aliphatic carbocycles. The summed E-state index contributed by atoms with van der Waals surface area (Å²) < 4.78 is 5.13. The highest BCUT2D eigenvalue weighted by Gasteiger charge is 2.07. The molecule has 7 nitrogen and oxygen atoms in total. The molecule has 0 atom stereocenters. The van der Waals surface area contributed by atoms with Crippen molar-refractivity contribution in [3.8, 4) is 5.75 Å². The third-order valence-electron chi connectivity index (χ3n) is 3.58. The van der Waals surface area contributed by atoms with Gasteiger partial charge in [0, 0.05) is 30.6 Å². The van der Waals surface area contributed by atoms with Crippen LogP contribution in [0.25, 0.3) is 0 Å². The molecule has 0 bridgehead atoms. The summed E-state index contributed by atoms with van der Waals surface area (Å²) in [7, 11) is 1.58. The molecule has 0 saturated heterocycles. The average Bonchev–Trinajstić information content (AvgIpc) is 3.05. The Balaban J connectivity index is 1.71. The van der Waals surface area contributed by atoms with E-state index < -0.39 is 0 Å². The standard InChI is InChI=1S/C18H24N4O3S/c1-13(23)19-10-5-3-4-7-15-12-26-18(21-15)22-17(24)20-14-8-6-9-16(11-14)25-2/h6,8-9,11-12H,3-5,7,10H2,1-2H3,(H,19,23)(H2,20,21,22,24). The predicted octanol–water partition coefficient (Wildman–Crippen LogP) is 3.64. The van der Waals surface area contributed by atoms with Crippen LogP contribution >= 0.6 is 11.3 Å². The molecule has 2 aromatic rings. The summed E-state index contributed by atoms with van der Waals surface area (Å²) in [5.74, 6) is 0.685. The fourth-order valence-corrected chi connectivity index (χ4v) is 3.05. The molecule has 0 saturated carbocycles. The van der Waals surface area contributed by atoms with E-state index in [-0.39, 0.29) is 11.9 Å². The lowest BCUT2D eigenvalue weighted by molar-refractivity contribution is -0.118. The van der Waals surface area contributed by atoms with Crippen LogP contribution in [0.1, 0.15) is 31.9 Å². The first-order chi connectivity index (χ1) is 12.6. The molecular weight excluding hydrogens is 352 g/mol. The van der Waals surface area contributed by atoms with Gasteiger partial charge in [0.05, 0.1) is 12.8 Å². The number of ether oxygens (including phenoxy) is 1. The third kappa shape index (κ3) is 7.10. The zero-order chi connectivity index (χ0) is 18.8. The largest absolute Gasteiger partial charge is 0.497 e. The maximum Gasteiger partial charge on any atom is 0.325 e. The second-order valence-electron chi connectivity index (χ2n) is 5.75. The van der Waals surface area contributed by atoms with Crippen LogP contribution in [-0.2, 0) is 11.2 Å². The Kier molecular flexibility index (Phi) is 7.88. The number of unbranched alkanes of at least 4 members (excludes halogenated alkanes) is 2. The van der Waals surface area contributed by atoms with Crippen LogP contribution in [0.15, 0.2) is 29.6 Å². The van der Waals surface area contributed by atoms with E-state index in [0.29, 0.717) is 23.1 Å². The van der Waals surface area contributed by atoms with Gasteiger partial charge in [0.15, 0.2) is 5.13 Å². The molecule has 1 heterocycles. The highest BCUT2D eigenvalue weighted by atomic mass is 32.1. The number of anilines is 2. The Hall–Kier alpha value is -2.61. The molecule has 26 heavy (non-hydrogen) atoms. The van der Waals surface area contributed by atoms with Crippen molar-refractivity contribution >= 4 is 34.1 Å². The quantitative estimate of drug-likeness (QED) is 0.583. The second kappa shape index (κ2) is 10.4. The average molecular weight is 376 g/mol. The monoisotopic (exact) mass is 376 g/mol. The van der Waals surface area contributed by atoms with Crippen LogP contribution in [0.3, 0.4) is 0 Å². The first kappa shape index (κ1) is 19.7. The molecule has 0 unspecified atom stereocenters. The minimum Gasteiger partial charge on any atom is -0.497 e. The van der Waals surface area contributed by atoms with Gasteiger partial charge in [0.2, 0.25) is 5.91 Å². The minimum absolute atomic E-state index is 0.00689. The Labute approximate surface area is 157 Å². The number of rotatable bonds is 9. The van der Waals surface area contributed by atoms with E-state index in [0.717, 1.165) is 31.4 Å². The number of aryl methyl sites for hydroxylation is 1. The summed E-state index contributed by atoms with van der Waals surface area (Å²) in [5.41, 5.74) is 1.61. The summed E-state index contributed by atoms with van der Waals surface area (Å²) in [4.78, 5) is 27.2. The van der Waals surface area contributed by atoms with Gasteiger partial charge < -0.3 is 15.4 Å². The summed E-state index contributed by atoms with van der Waals surface area (Å²) in [6, 6.07) is 6.81. The van der Waals surface area contributed by atoms with Crippen LogP contribution in [0, 0.1) is 0 Å². The molecule has 0 radical (unpaired) electrons. The van der Waals surface area contributed by atoms with Gasteiger partial charge in [-0.2, -0.15) is 0 Å². The molecule has 3 N–H and O–H groups in total. The number of hydrogen-bond acceptors (Lipinski definition) is 5. The SMILES string of the molecule is COc1cccc(NC(=O)Nc2nc(CCCCCNC(C)=O)cs2)c1. The number of methoxy groups -OCH3 is 1. The molecule has 0 aliphatic rings. The fourth-order valence-electron chi connectivity index (χ4n) is 2.31. The van der Waals surface area contributed by atoms with Gasteiger partial charge in [0.25, 0.3) is 0 Å². The van der Waals surface area contributed by atoms with Crippen molar-refractivity contribution < 1.29 is 14.3 Å². The minimum atomic E-state index is -0.338. The van der Waals surface area contributed by atoms with Crippen LogP contribution in [0.5, 0.6) is 5.75 Å². The first-order valence-electron chi connectivity index (χ1n) is 8.47. The van der Waals surface area contributed by atoms with E-state index in [9.17, 15) is 9.59 Å². The van der Waals surface area contributed by atoms with Crippen molar-refractivity contribution in [1.82, 2.24) is 10.3 Å². The number of hydrogen-bond donors (Lipinski definition) is 3. The van der Waals surface area contributed by atoms with Gasteiger partial charge in [-0.05, 0) is 31.4 Å². The molecular formula is C18H24N4O3S. The molecule has 2 rings (SSSR count). The number of urea groups is 1.